The number of nitrogens with one attached hydrogen (secondary N) is 1. The summed E-state index contributed by atoms with van der Waals surface area (Å²) in [6.07, 6.45) is 8.10. The quantitative estimate of drug-likeness (QED) is 0.773. The predicted octanol–water partition coefficient (Wildman–Crippen LogP) is 4.94. The Balaban J connectivity index is 1.93. The summed E-state index contributed by atoms with van der Waals surface area (Å²) in [6.45, 7) is 4.54. The normalized spacial score (nSPS) is 18.9. The van der Waals surface area contributed by atoms with Gasteiger partial charge in [0.05, 0.1) is 0 Å². The second-order valence-corrected chi connectivity index (χ2v) is 5.41. The summed E-state index contributed by atoms with van der Waals surface area (Å²) in [5.41, 5.74) is 2.76. The van der Waals surface area contributed by atoms with Crippen molar-refractivity contribution in [2.24, 2.45) is 0 Å². The average Bonchev–Trinajstić information content (AvgIpc) is 2.40. The lowest BCUT2D eigenvalue weighted by atomic mass is 9.95. The minimum Gasteiger partial charge on any atom is -0.382 e. The second-order valence-electron chi connectivity index (χ2n) is 5.41. The molecule has 0 amide bonds. The van der Waals surface area contributed by atoms with Crippen LogP contribution in [0.3, 0.4) is 0 Å². The Morgan fingerprint density at radius 1 is 1.12 bits per heavy atom. The maximum Gasteiger partial charge on any atom is 0.0342 e. The molecule has 1 aromatic carbocycles. The molecule has 1 unspecified atom stereocenters. The molecule has 17 heavy (non-hydrogen) atoms. The predicted molar refractivity (Wildman–Crippen MR) is 75.6 cm³/mol. The minimum absolute atomic E-state index is 0.679. The first-order valence-corrected chi connectivity index (χ1v) is 7.16. The number of hydrogen-bond donors (Lipinski definition) is 1. The standard InChI is InChI=1S/C16H25N/c1-3-13(2)14-9-11-16(12-10-14)17-15-7-5-4-6-8-15/h9-13,15,17H,3-8H2,1-2H3. The first-order valence-electron chi connectivity index (χ1n) is 7.16. The molecule has 1 saturated carbocycles. The van der Waals surface area contributed by atoms with Gasteiger partial charge in [-0.15, -0.1) is 0 Å². The van der Waals surface area contributed by atoms with Crippen molar-refractivity contribution >= 4 is 5.69 Å². The highest BCUT2D eigenvalue weighted by atomic mass is 14.9. The van der Waals surface area contributed by atoms with Gasteiger partial charge in [-0.3, -0.25) is 0 Å². The Hall–Kier alpha value is -0.980. The van der Waals surface area contributed by atoms with Crippen molar-refractivity contribution in [3.8, 4) is 0 Å². The van der Waals surface area contributed by atoms with Crippen LogP contribution in [0.5, 0.6) is 0 Å². The van der Waals surface area contributed by atoms with E-state index in [2.05, 4.69) is 43.4 Å². The van der Waals surface area contributed by atoms with Crippen LogP contribution < -0.4 is 5.32 Å². The Morgan fingerprint density at radius 2 is 1.76 bits per heavy atom. The summed E-state index contributed by atoms with van der Waals surface area (Å²) in [5, 5.41) is 3.66. The van der Waals surface area contributed by atoms with Gasteiger partial charge in [0.2, 0.25) is 0 Å². The van der Waals surface area contributed by atoms with Gasteiger partial charge in [-0.1, -0.05) is 45.2 Å². The molecule has 1 fully saturated rings. The molecule has 0 aliphatic heterocycles. The SMILES string of the molecule is CCC(C)c1ccc(NC2CCCCC2)cc1. The van der Waals surface area contributed by atoms with E-state index in [1.807, 2.05) is 0 Å². The highest BCUT2D eigenvalue weighted by Gasteiger charge is 2.12. The third kappa shape index (κ3) is 3.49. The molecular weight excluding hydrogens is 206 g/mol. The van der Waals surface area contributed by atoms with Gasteiger partial charge in [0, 0.05) is 11.7 Å². The zero-order valence-corrected chi connectivity index (χ0v) is 11.2. The van der Waals surface area contributed by atoms with Crippen molar-refractivity contribution in [3.63, 3.8) is 0 Å². The Kier molecular flexibility index (Phi) is 4.47. The van der Waals surface area contributed by atoms with Gasteiger partial charge in [0.25, 0.3) is 0 Å². The van der Waals surface area contributed by atoms with Gasteiger partial charge in [-0.2, -0.15) is 0 Å². The van der Waals surface area contributed by atoms with E-state index in [1.165, 1.54) is 49.8 Å². The number of hydrogen-bond acceptors (Lipinski definition) is 1. The zero-order chi connectivity index (χ0) is 12.1. The lowest BCUT2D eigenvalue weighted by Crippen LogP contribution is -2.22. The lowest BCUT2D eigenvalue weighted by molar-refractivity contribution is 0.463. The third-order valence-corrected chi connectivity index (χ3v) is 4.07. The van der Waals surface area contributed by atoms with Crippen molar-refractivity contribution in [2.45, 2.75) is 64.3 Å². The zero-order valence-electron chi connectivity index (χ0n) is 11.2. The van der Waals surface area contributed by atoms with Gasteiger partial charge in [-0.05, 0) is 42.9 Å². The Bertz CT molecular complexity index is 322. The maximum atomic E-state index is 3.66. The van der Waals surface area contributed by atoms with Crippen LogP contribution in [0.1, 0.15) is 63.9 Å². The molecule has 1 atom stereocenters. The summed E-state index contributed by atoms with van der Waals surface area (Å²) in [7, 11) is 0. The average molecular weight is 231 g/mol. The van der Waals surface area contributed by atoms with E-state index >= 15 is 0 Å². The number of rotatable bonds is 4. The monoisotopic (exact) mass is 231 g/mol. The molecule has 0 spiro atoms. The van der Waals surface area contributed by atoms with Crippen LogP contribution in [0.2, 0.25) is 0 Å². The van der Waals surface area contributed by atoms with E-state index < -0.39 is 0 Å². The lowest BCUT2D eigenvalue weighted by Gasteiger charge is -2.24. The van der Waals surface area contributed by atoms with Crippen molar-refractivity contribution in [1.29, 1.82) is 0 Å². The first-order chi connectivity index (χ1) is 8.29. The molecule has 0 bridgehead atoms. The molecule has 1 aliphatic rings. The van der Waals surface area contributed by atoms with Crippen LogP contribution >= 0.6 is 0 Å². The molecule has 1 nitrogen and oxygen atoms in total. The van der Waals surface area contributed by atoms with Crippen LogP contribution in [-0.4, -0.2) is 6.04 Å². The smallest absolute Gasteiger partial charge is 0.0342 e. The molecule has 1 N–H and O–H groups in total. The van der Waals surface area contributed by atoms with Crippen LogP contribution in [-0.2, 0) is 0 Å². The van der Waals surface area contributed by atoms with Crippen molar-refractivity contribution < 1.29 is 0 Å². The molecule has 2 rings (SSSR count). The van der Waals surface area contributed by atoms with Crippen molar-refractivity contribution in [2.75, 3.05) is 5.32 Å². The van der Waals surface area contributed by atoms with E-state index in [-0.39, 0.29) is 0 Å². The Morgan fingerprint density at radius 3 is 2.35 bits per heavy atom. The minimum atomic E-state index is 0.679. The highest BCUT2D eigenvalue weighted by molar-refractivity contribution is 5.46. The second kappa shape index (κ2) is 6.09. The molecule has 1 heteroatoms. The van der Waals surface area contributed by atoms with Gasteiger partial charge < -0.3 is 5.32 Å². The molecule has 0 radical (unpaired) electrons. The summed E-state index contributed by atoms with van der Waals surface area (Å²) in [4.78, 5) is 0. The van der Waals surface area contributed by atoms with E-state index in [1.54, 1.807) is 0 Å². The molecule has 0 aromatic heterocycles. The third-order valence-electron chi connectivity index (χ3n) is 4.07. The van der Waals surface area contributed by atoms with Crippen LogP contribution in [0.25, 0.3) is 0 Å². The van der Waals surface area contributed by atoms with E-state index in [4.69, 9.17) is 0 Å². The van der Waals surface area contributed by atoms with Crippen LogP contribution in [0.4, 0.5) is 5.69 Å². The maximum absolute atomic E-state index is 3.66. The molecule has 94 valence electrons. The fourth-order valence-corrected chi connectivity index (χ4v) is 2.63. The van der Waals surface area contributed by atoms with Crippen LogP contribution in [0, 0.1) is 0 Å². The summed E-state index contributed by atoms with van der Waals surface area (Å²) < 4.78 is 0. The van der Waals surface area contributed by atoms with E-state index in [0.717, 1.165) is 0 Å². The van der Waals surface area contributed by atoms with Gasteiger partial charge in [-0.25, -0.2) is 0 Å². The van der Waals surface area contributed by atoms with Gasteiger partial charge in [0.15, 0.2) is 0 Å². The molecule has 0 heterocycles. The fraction of sp³-hybridized carbons (Fsp3) is 0.625. The molecule has 1 aliphatic carbocycles. The summed E-state index contributed by atoms with van der Waals surface area (Å²) in [5.74, 6) is 0.679. The summed E-state index contributed by atoms with van der Waals surface area (Å²) in [6, 6.07) is 9.75. The van der Waals surface area contributed by atoms with Gasteiger partial charge in [0.1, 0.15) is 0 Å². The highest BCUT2D eigenvalue weighted by Crippen LogP contribution is 2.24. The van der Waals surface area contributed by atoms with E-state index in [9.17, 15) is 0 Å². The molecular formula is C16H25N. The van der Waals surface area contributed by atoms with Crippen molar-refractivity contribution in [1.82, 2.24) is 0 Å². The van der Waals surface area contributed by atoms with E-state index in [0.29, 0.717) is 12.0 Å². The number of benzene rings is 1. The molecule has 0 saturated heterocycles. The summed E-state index contributed by atoms with van der Waals surface area (Å²) >= 11 is 0. The van der Waals surface area contributed by atoms with Crippen LogP contribution in [0.15, 0.2) is 24.3 Å². The van der Waals surface area contributed by atoms with Crippen molar-refractivity contribution in [3.05, 3.63) is 29.8 Å². The fourth-order valence-electron chi connectivity index (χ4n) is 2.63. The first kappa shape index (κ1) is 12.5. The van der Waals surface area contributed by atoms with Gasteiger partial charge >= 0.3 is 0 Å². The topological polar surface area (TPSA) is 12.0 Å². The molecule has 1 aromatic rings. The largest absolute Gasteiger partial charge is 0.382 e. The Labute approximate surface area is 106 Å². The number of anilines is 1.